The summed E-state index contributed by atoms with van der Waals surface area (Å²) in [5.74, 6) is -0.248. The van der Waals surface area contributed by atoms with Crippen molar-refractivity contribution in [1.82, 2.24) is 19.4 Å². The Kier molecular flexibility index (Phi) is 5.59. The lowest BCUT2D eigenvalue weighted by atomic mass is 10.2. The van der Waals surface area contributed by atoms with Crippen molar-refractivity contribution in [2.24, 2.45) is 0 Å². The first-order valence-corrected chi connectivity index (χ1v) is 9.97. The minimum atomic E-state index is -0.248. The van der Waals surface area contributed by atoms with Crippen LogP contribution in [0.3, 0.4) is 0 Å². The molecule has 0 spiro atoms. The van der Waals surface area contributed by atoms with Crippen molar-refractivity contribution in [1.29, 1.82) is 0 Å². The fourth-order valence-electron chi connectivity index (χ4n) is 2.75. The summed E-state index contributed by atoms with van der Waals surface area (Å²) in [6.07, 6.45) is 8.37. The van der Waals surface area contributed by atoms with Crippen LogP contribution in [0, 0.1) is 6.92 Å². The third-order valence-corrected chi connectivity index (χ3v) is 5.28. The lowest BCUT2D eigenvalue weighted by Crippen LogP contribution is -2.09. The van der Waals surface area contributed by atoms with E-state index < -0.39 is 0 Å². The van der Waals surface area contributed by atoms with Gasteiger partial charge in [0.1, 0.15) is 5.65 Å². The van der Waals surface area contributed by atoms with Gasteiger partial charge in [0.25, 0.3) is 0 Å². The molecule has 3 heterocycles. The molecule has 1 aromatic carbocycles. The molecule has 0 bridgehead atoms. The number of fused-ring (bicyclic) bond motifs is 1. The molecule has 4 aromatic rings. The Bertz CT molecular complexity index is 1210. The van der Waals surface area contributed by atoms with Gasteiger partial charge in [0.05, 0.1) is 5.69 Å². The number of carbonyl (C=O) groups excluding carboxylic acids is 1. The van der Waals surface area contributed by atoms with Crippen molar-refractivity contribution in [3.63, 3.8) is 0 Å². The van der Waals surface area contributed by atoms with Gasteiger partial charge in [-0.3, -0.25) is 9.20 Å². The molecule has 3 aromatic heterocycles. The van der Waals surface area contributed by atoms with Crippen LogP contribution in [-0.4, -0.2) is 25.3 Å². The number of carbonyl (C=O) groups is 1. The van der Waals surface area contributed by atoms with Gasteiger partial charge < -0.3 is 5.32 Å². The van der Waals surface area contributed by atoms with Crippen molar-refractivity contribution < 1.29 is 4.79 Å². The average Bonchev–Trinajstić information content (AvgIpc) is 3.04. The van der Waals surface area contributed by atoms with Crippen LogP contribution in [0.5, 0.6) is 0 Å². The second-order valence-electron chi connectivity index (χ2n) is 6.15. The summed E-state index contributed by atoms with van der Waals surface area (Å²) in [4.78, 5) is 26.1. The molecule has 8 heteroatoms. The molecule has 0 saturated carbocycles. The molecule has 0 saturated heterocycles. The molecule has 1 N–H and O–H groups in total. The van der Waals surface area contributed by atoms with Gasteiger partial charge in [0, 0.05) is 35.2 Å². The molecule has 0 atom stereocenters. The van der Waals surface area contributed by atoms with Crippen LogP contribution in [0.15, 0.2) is 77.2 Å². The summed E-state index contributed by atoms with van der Waals surface area (Å²) in [5.41, 5.74) is 3.07. The Labute approximate surface area is 176 Å². The maximum atomic E-state index is 12.4. The maximum absolute atomic E-state index is 12.4. The Balaban J connectivity index is 1.46. The highest BCUT2D eigenvalue weighted by atomic mass is 35.5. The van der Waals surface area contributed by atoms with E-state index in [-0.39, 0.29) is 5.91 Å². The van der Waals surface area contributed by atoms with Gasteiger partial charge in [-0.2, -0.15) is 0 Å². The minimum Gasteiger partial charge on any atom is -0.322 e. The number of halogens is 1. The summed E-state index contributed by atoms with van der Waals surface area (Å²) in [6.45, 7) is 1.94. The molecule has 144 valence electrons. The predicted octanol–water partition coefficient (Wildman–Crippen LogP) is 4.89. The smallest absolute Gasteiger partial charge is 0.248 e. The van der Waals surface area contributed by atoms with E-state index in [1.54, 1.807) is 24.5 Å². The van der Waals surface area contributed by atoms with Crippen LogP contribution >= 0.6 is 23.4 Å². The fourth-order valence-corrected chi connectivity index (χ4v) is 3.80. The Morgan fingerprint density at radius 2 is 2.00 bits per heavy atom. The average molecular weight is 422 g/mol. The molecule has 1 amide bonds. The normalized spacial score (nSPS) is 11.2. The minimum absolute atomic E-state index is 0.248. The fraction of sp³-hybridized carbons (Fsp3) is 0.0476. The molecule has 0 unspecified atom stereocenters. The van der Waals surface area contributed by atoms with Crippen molar-refractivity contribution in [2.75, 3.05) is 5.32 Å². The van der Waals surface area contributed by atoms with Crippen LogP contribution in [0.4, 0.5) is 5.69 Å². The monoisotopic (exact) mass is 421 g/mol. The second kappa shape index (κ2) is 8.46. The topological polar surface area (TPSA) is 72.2 Å². The molecular formula is C21H16ClN5OS. The zero-order valence-corrected chi connectivity index (χ0v) is 17.0. The second-order valence-corrected chi connectivity index (χ2v) is 7.55. The number of anilines is 1. The van der Waals surface area contributed by atoms with E-state index in [0.717, 1.165) is 21.8 Å². The van der Waals surface area contributed by atoms with E-state index in [0.29, 0.717) is 16.0 Å². The molecule has 4 rings (SSSR count). The SMILES string of the molecule is Cc1cc(Sc2ncccn2)ccc1NC(=O)C=Cc1c(Cl)nc2ccccn12. The van der Waals surface area contributed by atoms with Gasteiger partial charge in [0.15, 0.2) is 10.3 Å². The van der Waals surface area contributed by atoms with Gasteiger partial charge >= 0.3 is 0 Å². The zero-order valence-electron chi connectivity index (χ0n) is 15.4. The number of hydrogen-bond donors (Lipinski definition) is 1. The Morgan fingerprint density at radius 3 is 2.79 bits per heavy atom. The molecular weight excluding hydrogens is 406 g/mol. The van der Waals surface area contributed by atoms with E-state index in [1.165, 1.54) is 17.8 Å². The quantitative estimate of drug-likeness (QED) is 0.367. The van der Waals surface area contributed by atoms with E-state index in [9.17, 15) is 4.79 Å². The number of hydrogen-bond acceptors (Lipinski definition) is 5. The summed E-state index contributed by atoms with van der Waals surface area (Å²) < 4.78 is 1.83. The number of rotatable bonds is 5. The van der Waals surface area contributed by atoms with Crippen LogP contribution in [0.1, 0.15) is 11.3 Å². The first-order valence-electron chi connectivity index (χ1n) is 8.77. The number of aryl methyl sites for hydroxylation is 1. The van der Waals surface area contributed by atoms with Gasteiger partial charge in [-0.15, -0.1) is 0 Å². The highest BCUT2D eigenvalue weighted by Crippen LogP contribution is 2.28. The van der Waals surface area contributed by atoms with Gasteiger partial charge in [0.2, 0.25) is 5.91 Å². The largest absolute Gasteiger partial charge is 0.322 e. The van der Waals surface area contributed by atoms with E-state index in [1.807, 2.05) is 53.9 Å². The Morgan fingerprint density at radius 1 is 1.17 bits per heavy atom. The molecule has 29 heavy (non-hydrogen) atoms. The summed E-state index contributed by atoms with van der Waals surface area (Å²) in [5, 5.41) is 3.92. The number of nitrogens with zero attached hydrogens (tertiary/aromatic N) is 4. The van der Waals surface area contributed by atoms with Gasteiger partial charge in [-0.05, 0) is 66.7 Å². The van der Waals surface area contributed by atoms with Gasteiger partial charge in [-0.1, -0.05) is 17.7 Å². The third-order valence-electron chi connectivity index (χ3n) is 4.12. The highest BCUT2D eigenvalue weighted by molar-refractivity contribution is 7.99. The maximum Gasteiger partial charge on any atom is 0.248 e. The number of amides is 1. The number of pyridine rings is 1. The predicted molar refractivity (Wildman–Crippen MR) is 115 cm³/mol. The van der Waals surface area contributed by atoms with Gasteiger partial charge in [-0.25, -0.2) is 15.0 Å². The van der Waals surface area contributed by atoms with E-state index in [2.05, 4.69) is 20.3 Å². The molecule has 0 aliphatic rings. The molecule has 0 radical (unpaired) electrons. The summed E-state index contributed by atoms with van der Waals surface area (Å²) in [6, 6.07) is 13.2. The lowest BCUT2D eigenvalue weighted by Gasteiger charge is -2.08. The van der Waals surface area contributed by atoms with Crippen LogP contribution in [0.25, 0.3) is 11.7 Å². The number of benzene rings is 1. The number of imidazole rings is 1. The van der Waals surface area contributed by atoms with Crippen LogP contribution in [0.2, 0.25) is 5.15 Å². The molecule has 0 fully saturated rings. The molecule has 0 aliphatic carbocycles. The first-order chi connectivity index (χ1) is 14.1. The van der Waals surface area contributed by atoms with E-state index >= 15 is 0 Å². The van der Waals surface area contributed by atoms with Crippen molar-refractivity contribution in [3.05, 3.63) is 83.5 Å². The summed E-state index contributed by atoms with van der Waals surface area (Å²) in [7, 11) is 0. The van der Waals surface area contributed by atoms with Crippen LogP contribution < -0.4 is 5.32 Å². The highest BCUT2D eigenvalue weighted by Gasteiger charge is 2.09. The molecule has 6 nitrogen and oxygen atoms in total. The first kappa shape index (κ1) is 19.2. The van der Waals surface area contributed by atoms with Crippen molar-refractivity contribution >= 4 is 46.7 Å². The van der Waals surface area contributed by atoms with Crippen LogP contribution in [-0.2, 0) is 4.79 Å². The van der Waals surface area contributed by atoms with Crippen molar-refractivity contribution in [2.45, 2.75) is 17.0 Å². The Hall–Kier alpha value is -3.16. The zero-order chi connectivity index (χ0) is 20.2. The van der Waals surface area contributed by atoms with Crippen molar-refractivity contribution in [3.8, 4) is 0 Å². The lowest BCUT2D eigenvalue weighted by molar-refractivity contribution is -0.111. The standard InChI is InChI=1S/C21H16ClN5OS/c1-14-13-15(29-21-23-10-4-11-24-21)6-7-16(14)25-19(28)9-8-17-20(22)26-18-5-2-3-12-27(17)18/h2-13H,1H3,(H,25,28). The number of aromatic nitrogens is 4. The van der Waals surface area contributed by atoms with E-state index in [4.69, 9.17) is 11.6 Å². The third kappa shape index (κ3) is 4.47. The summed E-state index contributed by atoms with van der Waals surface area (Å²) >= 11 is 7.66. The number of nitrogens with one attached hydrogen (secondary N) is 1. The molecule has 0 aliphatic heterocycles.